The Bertz CT molecular complexity index is 740. The summed E-state index contributed by atoms with van der Waals surface area (Å²) in [6.45, 7) is 0.660. The highest BCUT2D eigenvalue weighted by molar-refractivity contribution is 7.09. The fourth-order valence-corrected chi connectivity index (χ4v) is 3.08. The van der Waals surface area contributed by atoms with E-state index >= 15 is 0 Å². The van der Waals surface area contributed by atoms with Crippen molar-refractivity contribution < 1.29 is 4.39 Å². The first-order chi connectivity index (χ1) is 9.69. The van der Waals surface area contributed by atoms with Crippen LogP contribution < -0.4 is 0 Å². The summed E-state index contributed by atoms with van der Waals surface area (Å²) in [7, 11) is 0. The highest BCUT2D eigenvalue weighted by atomic mass is 35.5. The number of imidazole rings is 1. The molecule has 0 aliphatic carbocycles. The number of halogens is 3. The second kappa shape index (κ2) is 5.68. The van der Waals surface area contributed by atoms with Gasteiger partial charge in [0.25, 0.3) is 0 Å². The molecule has 0 radical (unpaired) electrons. The van der Waals surface area contributed by atoms with E-state index in [2.05, 4.69) is 9.97 Å². The minimum Gasteiger partial charge on any atom is -0.326 e. The zero-order valence-corrected chi connectivity index (χ0v) is 12.6. The third-order valence-corrected chi connectivity index (χ3v) is 4.39. The lowest BCUT2D eigenvalue weighted by molar-refractivity contribution is 0.627. The summed E-state index contributed by atoms with van der Waals surface area (Å²) in [4.78, 5) is 8.64. The molecule has 0 saturated carbocycles. The Hall–Kier alpha value is -1.17. The number of aromatic nitrogens is 3. The van der Waals surface area contributed by atoms with E-state index in [-0.39, 0.29) is 10.9 Å². The first kappa shape index (κ1) is 13.8. The van der Waals surface area contributed by atoms with Crippen LogP contribution in [0.5, 0.6) is 0 Å². The van der Waals surface area contributed by atoms with Crippen molar-refractivity contribution in [1.29, 1.82) is 0 Å². The van der Waals surface area contributed by atoms with Gasteiger partial charge in [-0.15, -0.1) is 22.9 Å². The predicted octanol–water partition coefficient (Wildman–Crippen LogP) is 4.27. The molecule has 3 aromatic rings. The van der Waals surface area contributed by atoms with Crippen LogP contribution in [0.15, 0.2) is 23.7 Å². The smallest absolute Gasteiger partial charge is 0.144 e. The van der Waals surface area contributed by atoms with Crippen LogP contribution in [-0.2, 0) is 18.8 Å². The van der Waals surface area contributed by atoms with Crippen molar-refractivity contribution >= 4 is 45.6 Å². The summed E-state index contributed by atoms with van der Waals surface area (Å²) in [5, 5.41) is 3.04. The van der Waals surface area contributed by atoms with E-state index < -0.39 is 5.82 Å². The number of alkyl halides is 1. The lowest BCUT2D eigenvalue weighted by Crippen LogP contribution is -2.05. The quantitative estimate of drug-likeness (QED) is 0.669. The Labute approximate surface area is 129 Å². The summed E-state index contributed by atoms with van der Waals surface area (Å²) < 4.78 is 15.6. The maximum atomic E-state index is 13.6. The van der Waals surface area contributed by atoms with Gasteiger partial charge in [0, 0.05) is 30.6 Å². The van der Waals surface area contributed by atoms with Crippen molar-refractivity contribution in [2.75, 3.05) is 0 Å². The molecule has 0 fully saturated rings. The monoisotopic (exact) mass is 329 g/mol. The van der Waals surface area contributed by atoms with E-state index in [1.165, 1.54) is 12.1 Å². The lowest BCUT2D eigenvalue weighted by atomic mass is 10.3. The van der Waals surface area contributed by atoms with Crippen molar-refractivity contribution in [3.8, 4) is 0 Å². The normalized spacial score (nSPS) is 11.3. The maximum absolute atomic E-state index is 13.6. The van der Waals surface area contributed by atoms with Gasteiger partial charge < -0.3 is 4.57 Å². The molecule has 7 heteroatoms. The summed E-state index contributed by atoms with van der Waals surface area (Å²) in [5.41, 5.74) is 1.37. The SMILES string of the molecule is Fc1cc2c(cc1Cl)nc(CCl)n2CCc1nccs1. The standard InChI is InChI=1S/C13H10Cl2FN3S/c14-7-12-18-10-5-8(15)9(16)6-11(10)19(12)3-1-13-17-2-4-20-13/h2,4-6H,1,3,7H2. The minimum absolute atomic E-state index is 0.0724. The molecule has 0 bridgehead atoms. The van der Waals surface area contributed by atoms with Crippen molar-refractivity contribution in [2.24, 2.45) is 0 Å². The maximum Gasteiger partial charge on any atom is 0.144 e. The van der Waals surface area contributed by atoms with E-state index in [1.54, 1.807) is 17.5 Å². The largest absolute Gasteiger partial charge is 0.326 e. The number of benzene rings is 1. The van der Waals surface area contributed by atoms with Crippen molar-refractivity contribution in [3.05, 3.63) is 45.4 Å². The van der Waals surface area contributed by atoms with Crippen molar-refractivity contribution in [3.63, 3.8) is 0 Å². The van der Waals surface area contributed by atoms with E-state index in [4.69, 9.17) is 23.2 Å². The molecule has 2 heterocycles. The molecule has 20 heavy (non-hydrogen) atoms. The summed E-state index contributed by atoms with van der Waals surface area (Å²) >= 11 is 13.3. The zero-order valence-electron chi connectivity index (χ0n) is 10.3. The van der Waals surface area contributed by atoms with Gasteiger partial charge in [0.05, 0.1) is 26.9 Å². The van der Waals surface area contributed by atoms with Crippen LogP contribution in [0, 0.1) is 5.82 Å². The predicted molar refractivity (Wildman–Crippen MR) is 80.1 cm³/mol. The van der Waals surface area contributed by atoms with Crippen LogP contribution in [0.1, 0.15) is 10.8 Å². The highest BCUT2D eigenvalue weighted by Crippen LogP contribution is 2.25. The number of hydrogen-bond acceptors (Lipinski definition) is 3. The Morgan fingerprint density at radius 3 is 2.90 bits per heavy atom. The molecule has 3 rings (SSSR count). The molecular weight excluding hydrogens is 320 g/mol. The molecule has 3 nitrogen and oxygen atoms in total. The van der Waals surface area contributed by atoms with Gasteiger partial charge in [0.15, 0.2) is 0 Å². The number of fused-ring (bicyclic) bond motifs is 1. The lowest BCUT2D eigenvalue weighted by Gasteiger charge is -2.06. The molecule has 104 valence electrons. The molecule has 0 spiro atoms. The average molecular weight is 330 g/mol. The van der Waals surface area contributed by atoms with E-state index in [0.29, 0.717) is 23.4 Å². The molecule has 2 aromatic heterocycles. The summed E-state index contributed by atoms with van der Waals surface area (Å²) in [5.74, 6) is 0.529. The first-order valence-corrected chi connectivity index (χ1v) is 7.76. The topological polar surface area (TPSA) is 30.7 Å². The Morgan fingerprint density at radius 1 is 1.35 bits per heavy atom. The fraction of sp³-hybridized carbons (Fsp3) is 0.231. The van der Waals surface area contributed by atoms with Crippen LogP contribution in [0.3, 0.4) is 0 Å². The van der Waals surface area contributed by atoms with Gasteiger partial charge in [-0.25, -0.2) is 14.4 Å². The number of thiazole rings is 1. The molecule has 0 saturated heterocycles. The van der Waals surface area contributed by atoms with Crippen molar-refractivity contribution in [2.45, 2.75) is 18.8 Å². The number of nitrogens with zero attached hydrogens (tertiary/aromatic N) is 3. The molecule has 1 aromatic carbocycles. The summed E-state index contributed by atoms with van der Waals surface area (Å²) in [6.07, 6.45) is 2.53. The van der Waals surface area contributed by atoms with Crippen LogP contribution in [0.4, 0.5) is 4.39 Å². The third-order valence-electron chi connectivity index (χ3n) is 3.02. The van der Waals surface area contributed by atoms with Gasteiger partial charge in [0.2, 0.25) is 0 Å². The minimum atomic E-state index is -0.448. The Morgan fingerprint density at radius 2 is 2.20 bits per heavy atom. The van der Waals surface area contributed by atoms with E-state index in [0.717, 1.165) is 11.4 Å². The van der Waals surface area contributed by atoms with Gasteiger partial charge in [-0.2, -0.15) is 0 Å². The Balaban J connectivity index is 2.01. The van der Waals surface area contributed by atoms with Gasteiger partial charge in [-0.3, -0.25) is 0 Å². The second-order valence-electron chi connectivity index (χ2n) is 4.24. The van der Waals surface area contributed by atoms with Crippen LogP contribution >= 0.6 is 34.5 Å². The first-order valence-electron chi connectivity index (χ1n) is 5.97. The summed E-state index contributed by atoms with van der Waals surface area (Å²) in [6, 6.07) is 2.94. The fourth-order valence-electron chi connectivity index (χ4n) is 2.11. The molecule has 0 atom stereocenters. The van der Waals surface area contributed by atoms with Crippen molar-refractivity contribution in [1.82, 2.24) is 14.5 Å². The number of rotatable bonds is 4. The average Bonchev–Trinajstić information content (AvgIpc) is 3.05. The highest BCUT2D eigenvalue weighted by Gasteiger charge is 2.13. The molecule has 0 unspecified atom stereocenters. The number of hydrogen-bond donors (Lipinski definition) is 0. The molecule has 0 aliphatic rings. The van der Waals surface area contributed by atoms with Gasteiger partial charge >= 0.3 is 0 Å². The molecule has 0 amide bonds. The van der Waals surface area contributed by atoms with E-state index in [1.807, 2.05) is 9.95 Å². The van der Waals surface area contributed by atoms with Crippen LogP contribution in [0.25, 0.3) is 11.0 Å². The molecule has 0 N–H and O–H groups in total. The van der Waals surface area contributed by atoms with Crippen LogP contribution in [0.2, 0.25) is 5.02 Å². The van der Waals surface area contributed by atoms with Gasteiger partial charge in [-0.1, -0.05) is 11.6 Å². The van der Waals surface area contributed by atoms with Gasteiger partial charge in [-0.05, 0) is 6.07 Å². The van der Waals surface area contributed by atoms with E-state index in [9.17, 15) is 4.39 Å². The Kier molecular flexibility index (Phi) is 3.92. The van der Waals surface area contributed by atoms with Gasteiger partial charge in [0.1, 0.15) is 11.6 Å². The van der Waals surface area contributed by atoms with Crippen LogP contribution in [-0.4, -0.2) is 14.5 Å². The third kappa shape index (κ3) is 2.53. The molecule has 0 aliphatic heterocycles. The zero-order chi connectivity index (χ0) is 14.1. The molecular formula is C13H10Cl2FN3S. The second-order valence-corrected chi connectivity index (χ2v) is 5.90. The number of aryl methyl sites for hydroxylation is 2.